The molecule has 34 heavy (non-hydrogen) atoms. The van der Waals surface area contributed by atoms with Crippen LogP contribution in [0.5, 0.6) is 0 Å². The molecule has 8 heteroatoms. The standard InChI is InChI=1S/C24H20P.C2H4O2.2ClH.2O.Ru/c1-5-13-21(14-6-1)25(22-15-7-2-8-16-22,23-17-9-3-10-18-23)24-19-11-4-12-20-24;1-2(3)4;;;;;/h1-20H;1H3,(H,3,4);2*1H;;;/q+1;;;;;;. The van der Waals surface area contributed by atoms with Crippen LogP contribution in [0.3, 0.4) is 0 Å². The smallest absolute Gasteiger partial charge is 0.0620 e. The molecule has 4 aromatic carbocycles. The van der Waals surface area contributed by atoms with Gasteiger partial charge < -0.3 is 5.11 Å². The SMILES string of the molecule is CC(=O)O.Cl.Cl.[O]=[Ru]=[O].c1ccc([P+](c2ccccc2)(c2ccccc2)c2ccccc2)cc1. The molecular formula is C26H26Cl2O4PRu+. The van der Waals surface area contributed by atoms with E-state index < -0.39 is 30.3 Å². The maximum atomic E-state index is 9.00. The zero-order valence-electron chi connectivity index (χ0n) is 18.3. The molecule has 0 unspecified atom stereocenters. The van der Waals surface area contributed by atoms with Crippen molar-refractivity contribution < 1.29 is 34.1 Å². The van der Waals surface area contributed by atoms with E-state index >= 15 is 0 Å². The molecule has 0 amide bonds. The van der Waals surface area contributed by atoms with Gasteiger partial charge >= 0.3 is 24.2 Å². The predicted octanol–water partition coefficient (Wildman–Crippen LogP) is 5.00. The topological polar surface area (TPSA) is 71.4 Å². The van der Waals surface area contributed by atoms with Crippen LogP contribution in [0.1, 0.15) is 6.92 Å². The fourth-order valence-electron chi connectivity index (χ4n) is 3.50. The van der Waals surface area contributed by atoms with Gasteiger partial charge in [-0.1, -0.05) is 72.8 Å². The van der Waals surface area contributed by atoms with Gasteiger partial charge in [-0.2, -0.15) is 0 Å². The quantitative estimate of drug-likeness (QED) is 0.263. The van der Waals surface area contributed by atoms with E-state index in [2.05, 4.69) is 121 Å². The van der Waals surface area contributed by atoms with Crippen molar-refractivity contribution in [2.24, 2.45) is 0 Å². The average molecular weight is 605 g/mol. The van der Waals surface area contributed by atoms with Gasteiger partial charge in [-0.3, -0.25) is 4.79 Å². The van der Waals surface area contributed by atoms with Crippen molar-refractivity contribution in [3.8, 4) is 0 Å². The number of carboxylic acids is 1. The van der Waals surface area contributed by atoms with Crippen LogP contribution < -0.4 is 21.2 Å². The normalized spacial score (nSPS) is 9.44. The first-order chi connectivity index (χ1) is 15.6. The van der Waals surface area contributed by atoms with Crippen molar-refractivity contribution in [3.05, 3.63) is 121 Å². The third-order valence-corrected chi connectivity index (χ3v) is 8.86. The van der Waals surface area contributed by atoms with E-state index in [0.29, 0.717) is 0 Å². The zero-order valence-corrected chi connectivity index (χ0v) is 22.6. The van der Waals surface area contributed by atoms with Gasteiger partial charge in [0.15, 0.2) is 0 Å². The Kier molecular flexibility index (Phi) is 15.9. The van der Waals surface area contributed by atoms with E-state index in [-0.39, 0.29) is 24.8 Å². The van der Waals surface area contributed by atoms with Gasteiger partial charge in [0.1, 0.15) is 28.5 Å². The van der Waals surface area contributed by atoms with Gasteiger partial charge in [0.05, 0.1) is 0 Å². The largest absolute Gasteiger partial charge is 0.144 e. The molecule has 0 aliphatic rings. The van der Waals surface area contributed by atoms with Crippen molar-refractivity contribution in [1.82, 2.24) is 0 Å². The summed E-state index contributed by atoms with van der Waals surface area (Å²) in [4.78, 5) is 9.00. The predicted molar refractivity (Wildman–Crippen MR) is 140 cm³/mol. The molecule has 0 aliphatic carbocycles. The number of aliphatic carboxylic acids is 1. The minimum absolute atomic E-state index is 0. The van der Waals surface area contributed by atoms with Gasteiger partial charge in [0, 0.05) is 6.92 Å². The van der Waals surface area contributed by atoms with Crippen molar-refractivity contribution in [3.63, 3.8) is 0 Å². The Labute approximate surface area is 220 Å². The zero-order chi connectivity index (χ0) is 23.2. The Morgan fingerprint density at radius 1 is 0.559 bits per heavy atom. The van der Waals surface area contributed by atoms with Crippen LogP contribution in [0.15, 0.2) is 121 Å². The first kappa shape index (κ1) is 31.6. The van der Waals surface area contributed by atoms with Crippen molar-refractivity contribution in [2.45, 2.75) is 6.92 Å². The van der Waals surface area contributed by atoms with Crippen molar-refractivity contribution in [1.29, 1.82) is 0 Å². The van der Waals surface area contributed by atoms with Gasteiger partial charge in [-0.25, -0.2) is 0 Å². The fourth-order valence-corrected chi connectivity index (χ4v) is 7.77. The van der Waals surface area contributed by atoms with Crippen LogP contribution in [-0.4, -0.2) is 11.1 Å². The molecule has 0 heterocycles. The Morgan fingerprint density at radius 3 is 0.853 bits per heavy atom. The Morgan fingerprint density at radius 2 is 0.706 bits per heavy atom. The number of rotatable bonds is 4. The molecule has 0 spiro atoms. The summed E-state index contributed by atoms with van der Waals surface area (Å²) in [6.45, 7) is 1.08. The van der Waals surface area contributed by atoms with E-state index in [4.69, 9.17) is 17.0 Å². The van der Waals surface area contributed by atoms with Crippen LogP contribution in [0.2, 0.25) is 0 Å². The van der Waals surface area contributed by atoms with Gasteiger partial charge in [-0.15, -0.1) is 24.8 Å². The molecule has 4 aromatic rings. The minimum atomic E-state index is -1.91. The van der Waals surface area contributed by atoms with E-state index in [1.807, 2.05) is 0 Å². The van der Waals surface area contributed by atoms with E-state index in [0.717, 1.165) is 6.92 Å². The second-order valence-corrected chi connectivity index (χ2v) is 10.3. The number of halogens is 2. The molecule has 4 rings (SSSR count). The first-order valence-corrected chi connectivity index (χ1v) is 13.0. The van der Waals surface area contributed by atoms with Crippen molar-refractivity contribution in [2.75, 3.05) is 0 Å². The summed E-state index contributed by atoms with van der Waals surface area (Å²) in [6.07, 6.45) is 0. The summed E-state index contributed by atoms with van der Waals surface area (Å²) >= 11 is -1.79. The van der Waals surface area contributed by atoms with Gasteiger partial charge in [-0.05, 0) is 48.5 Å². The Balaban J connectivity index is 0.00000108. The summed E-state index contributed by atoms with van der Waals surface area (Å²) in [7, 11) is -1.91. The van der Waals surface area contributed by atoms with Crippen LogP contribution >= 0.6 is 32.1 Å². The van der Waals surface area contributed by atoms with Crippen LogP contribution in [-0.2, 0) is 29.0 Å². The fraction of sp³-hybridized carbons (Fsp3) is 0.0385. The van der Waals surface area contributed by atoms with Crippen LogP contribution in [0.4, 0.5) is 0 Å². The van der Waals surface area contributed by atoms with Crippen LogP contribution in [0, 0.1) is 0 Å². The third kappa shape index (κ3) is 8.42. The molecule has 180 valence electrons. The van der Waals surface area contributed by atoms with Gasteiger partial charge in [0.25, 0.3) is 5.97 Å². The van der Waals surface area contributed by atoms with Crippen LogP contribution in [0.25, 0.3) is 0 Å². The van der Waals surface area contributed by atoms with E-state index in [1.165, 1.54) is 21.2 Å². The van der Waals surface area contributed by atoms with E-state index in [1.54, 1.807) is 0 Å². The Bertz CT molecular complexity index is 959. The molecular weight excluding hydrogens is 579 g/mol. The summed E-state index contributed by atoms with van der Waals surface area (Å²) < 4.78 is 16.9. The van der Waals surface area contributed by atoms with E-state index in [9.17, 15) is 0 Å². The first-order valence-electron chi connectivity index (χ1n) is 9.75. The molecule has 4 nitrogen and oxygen atoms in total. The minimum Gasteiger partial charge on any atom is -0.0620 e. The third-order valence-electron chi connectivity index (χ3n) is 4.57. The molecule has 0 aliphatic heterocycles. The number of carboxylic acid groups (broad SMARTS) is 1. The molecule has 0 bridgehead atoms. The van der Waals surface area contributed by atoms with Gasteiger partial charge in [0.2, 0.25) is 0 Å². The molecule has 0 atom stereocenters. The maximum absolute atomic E-state index is 9.00. The number of benzene rings is 4. The molecule has 0 saturated carbocycles. The second kappa shape index (κ2) is 17.1. The number of carbonyl (C=O) groups is 1. The summed E-state index contributed by atoms with van der Waals surface area (Å²) in [6, 6.07) is 43.8. The monoisotopic (exact) mass is 605 g/mol. The number of hydrogen-bond acceptors (Lipinski definition) is 3. The summed E-state index contributed by atoms with van der Waals surface area (Å²) in [5.74, 6) is -0.833. The average Bonchev–Trinajstić information content (AvgIpc) is 2.83. The second-order valence-electron chi connectivity index (χ2n) is 6.59. The Hall–Kier alpha value is -2.42. The molecule has 0 fully saturated rings. The molecule has 0 radical (unpaired) electrons. The summed E-state index contributed by atoms with van der Waals surface area (Å²) in [5.41, 5.74) is 0. The molecule has 0 aromatic heterocycles. The molecule has 1 N–H and O–H groups in total. The van der Waals surface area contributed by atoms with Crippen molar-refractivity contribution >= 4 is 59.3 Å². The summed E-state index contributed by atoms with van der Waals surface area (Å²) in [5, 5.41) is 13.0. The molecule has 0 saturated heterocycles. The maximum Gasteiger partial charge on any atom is 0.144 e. The number of hydrogen-bond donors (Lipinski definition) is 1.